The van der Waals surface area contributed by atoms with E-state index in [4.69, 9.17) is 5.11 Å². The van der Waals surface area contributed by atoms with Gasteiger partial charge >= 0.3 is 5.97 Å². The van der Waals surface area contributed by atoms with Gasteiger partial charge in [0.25, 0.3) is 5.91 Å². The lowest BCUT2D eigenvalue weighted by Crippen LogP contribution is -2.48. The molecule has 1 unspecified atom stereocenters. The molecule has 1 aromatic rings. The van der Waals surface area contributed by atoms with E-state index in [9.17, 15) is 14.4 Å². The summed E-state index contributed by atoms with van der Waals surface area (Å²) < 4.78 is 0. The molecular weight excluding hydrogens is 294 g/mol. The highest BCUT2D eigenvalue weighted by Crippen LogP contribution is 2.12. The van der Waals surface area contributed by atoms with Gasteiger partial charge in [-0.05, 0) is 26.2 Å². The number of carboxylic acids is 1. The van der Waals surface area contributed by atoms with Crippen LogP contribution in [0.2, 0.25) is 0 Å². The highest BCUT2D eigenvalue weighted by molar-refractivity contribution is 7.11. The third kappa shape index (κ3) is 3.78. The molecule has 1 aliphatic heterocycles. The Morgan fingerprint density at radius 2 is 2.00 bits per heavy atom. The Morgan fingerprint density at radius 1 is 1.33 bits per heavy atom. The summed E-state index contributed by atoms with van der Waals surface area (Å²) in [5.41, 5.74) is -0.167. The van der Waals surface area contributed by atoms with E-state index in [-0.39, 0.29) is 16.6 Å². The Kier molecular flexibility index (Phi) is 4.89. The number of rotatable bonds is 4. The third-order valence-corrected chi connectivity index (χ3v) is 4.14. The molecule has 21 heavy (non-hydrogen) atoms. The van der Waals surface area contributed by atoms with Crippen molar-refractivity contribution in [1.29, 1.82) is 0 Å². The van der Waals surface area contributed by atoms with E-state index in [0.717, 1.165) is 43.7 Å². The van der Waals surface area contributed by atoms with Crippen LogP contribution < -0.4 is 5.32 Å². The number of hydrogen-bond acceptors (Lipinski definition) is 5. The summed E-state index contributed by atoms with van der Waals surface area (Å²) in [4.78, 5) is 40.3. The average molecular weight is 311 g/mol. The predicted molar refractivity (Wildman–Crippen MR) is 76.4 cm³/mol. The molecule has 7 nitrogen and oxygen atoms in total. The van der Waals surface area contributed by atoms with Gasteiger partial charge in [-0.1, -0.05) is 0 Å². The highest BCUT2D eigenvalue weighted by Gasteiger charge is 2.25. The van der Waals surface area contributed by atoms with Crippen molar-refractivity contribution in [3.05, 3.63) is 16.1 Å². The fourth-order valence-electron chi connectivity index (χ4n) is 2.18. The molecule has 0 bridgehead atoms. The van der Waals surface area contributed by atoms with E-state index in [1.165, 1.54) is 5.38 Å². The van der Waals surface area contributed by atoms with Crippen LogP contribution in [-0.2, 0) is 4.79 Å². The second-order valence-corrected chi connectivity index (χ2v) is 5.78. The number of carboxylic acid groups (broad SMARTS) is 1. The number of hydrogen-bond donors (Lipinski definition) is 2. The molecule has 2 rings (SSSR count). The standard InChI is InChI=1S/C13H17N3O4S/c1-8(12(18)16-5-3-2-4-6-16)14-10(17)11-15-9(7-21-11)13(19)20/h7-8H,2-6H2,1H3,(H,14,17)(H,19,20). The fraction of sp³-hybridized carbons (Fsp3) is 0.538. The van der Waals surface area contributed by atoms with Gasteiger partial charge < -0.3 is 15.3 Å². The highest BCUT2D eigenvalue weighted by atomic mass is 32.1. The summed E-state index contributed by atoms with van der Waals surface area (Å²) in [7, 11) is 0. The first-order valence-corrected chi connectivity index (χ1v) is 7.65. The van der Waals surface area contributed by atoms with Crippen LogP contribution in [0.3, 0.4) is 0 Å². The van der Waals surface area contributed by atoms with Crippen molar-refractivity contribution in [2.75, 3.05) is 13.1 Å². The van der Waals surface area contributed by atoms with E-state index in [1.54, 1.807) is 11.8 Å². The molecule has 1 saturated heterocycles. The quantitative estimate of drug-likeness (QED) is 0.863. The molecule has 0 spiro atoms. The molecule has 1 fully saturated rings. The Morgan fingerprint density at radius 3 is 2.57 bits per heavy atom. The van der Waals surface area contributed by atoms with Crippen LogP contribution in [0.25, 0.3) is 0 Å². The minimum atomic E-state index is -1.18. The van der Waals surface area contributed by atoms with Crippen molar-refractivity contribution in [2.45, 2.75) is 32.2 Å². The second kappa shape index (κ2) is 6.66. The molecule has 1 aliphatic rings. The van der Waals surface area contributed by atoms with Crippen LogP contribution >= 0.6 is 11.3 Å². The minimum Gasteiger partial charge on any atom is -0.476 e. The van der Waals surface area contributed by atoms with Gasteiger partial charge in [0.05, 0.1) is 0 Å². The Hall–Kier alpha value is -1.96. The van der Waals surface area contributed by atoms with Gasteiger partial charge in [0.2, 0.25) is 5.91 Å². The SMILES string of the molecule is CC(NC(=O)c1nc(C(=O)O)cs1)C(=O)N1CCCCC1. The maximum absolute atomic E-state index is 12.2. The Balaban J connectivity index is 1.94. The first-order chi connectivity index (χ1) is 9.99. The van der Waals surface area contributed by atoms with Crippen LogP contribution in [0, 0.1) is 0 Å². The predicted octanol–water partition coefficient (Wildman–Crippen LogP) is 0.972. The number of likely N-dealkylation sites (tertiary alicyclic amines) is 1. The number of thiazole rings is 1. The van der Waals surface area contributed by atoms with Crippen LogP contribution in [0.4, 0.5) is 0 Å². The zero-order chi connectivity index (χ0) is 15.4. The number of nitrogens with one attached hydrogen (secondary N) is 1. The van der Waals surface area contributed by atoms with E-state index in [2.05, 4.69) is 10.3 Å². The van der Waals surface area contributed by atoms with Gasteiger partial charge in [-0.15, -0.1) is 11.3 Å². The van der Waals surface area contributed by atoms with E-state index in [0.29, 0.717) is 0 Å². The molecule has 2 heterocycles. The number of aromatic carboxylic acids is 1. The van der Waals surface area contributed by atoms with Crippen molar-refractivity contribution in [1.82, 2.24) is 15.2 Å². The molecule has 8 heteroatoms. The first kappa shape index (κ1) is 15.4. The monoisotopic (exact) mass is 311 g/mol. The maximum atomic E-state index is 12.2. The van der Waals surface area contributed by atoms with Crippen molar-refractivity contribution < 1.29 is 19.5 Å². The number of nitrogens with zero attached hydrogens (tertiary/aromatic N) is 2. The van der Waals surface area contributed by atoms with Crippen molar-refractivity contribution in [3.8, 4) is 0 Å². The summed E-state index contributed by atoms with van der Waals surface area (Å²) in [6.07, 6.45) is 3.10. The molecule has 0 saturated carbocycles. The van der Waals surface area contributed by atoms with Crippen LogP contribution in [0.1, 0.15) is 46.5 Å². The molecule has 114 valence electrons. The Bertz CT molecular complexity index is 551. The van der Waals surface area contributed by atoms with Gasteiger partial charge in [-0.3, -0.25) is 9.59 Å². The summed E-state index contributed by atoms with van der Waals surface area (Å²) >= 11 is 0.946. The lowest BCUT2D eigenvalue weighted by molar-refractivity contribution is -0.133. The van der Waals surface area contributed by atoms with Gasteiger partial charge in [0, 0.05) is 18.5 Å². The molecule has 0 radical (unpaired) electrons. The zero-order valence-electron chi connectivity index (χ0n) is 11.7. The largest absolute Gasteiger partial charge is 0.476 e. The van der Waals surface area contributed by atoms with Crippen molar-refractivity contribution in [2.24, 2.45) is 0 Å². The Labute approximate surface area is 126 Å². The summed E-state index contributed by atoms with van der Waals surface area (Å²) in [5.74, 6) is -1.81. The normalized spacial score (nSPS) is 16.3. The summed E-state index contributed by atoms with van der Waals surface area (Å²) in [6, 6.07) is -0.646. The number of piperidine rings is 1. The smallest absolute Gasteiger partial charge is 0.355 e. The van der Waals surface area contributed by atoms with E-state index >= 15 is 0 Å². The topological polar surface area (TPSA) is 99.6 Å². The van der Waals surface area contributed by atoms with Gasteiger partial charge in [-0.2, -0.15) is 0 Å². The van der Waals surface area contributed by atoms with Crippen LogP contribution in [-0.4, -0.2) is 51.9 Å². The molecule has 2 amide bonds. The zero-order valence-corrected chi connectivity index (χ0v) is 12.5. The van der Waals surface area contributed by atoms with Gasteiger partial charge in [0.15, 0.2) is 10.7 Å². The lowest BCUT2D eigenvalue weighted by Gasteiger charge is -2.29. The van der Waals surface area contributed by atoms with Gasteiger partial charge in [0.1, 0.15) is 6.04 Å². The van der Waals surface area contributed by atoms with Crippen LogP contribution in [0.15, 0.2) is 5.38 Å². The third-order valence-electron chi connectivity index (χ3n) is 3.30. The number of amides is 2. The first-order valence-electron chi connectivity index (χ1n) is 6.77. The fourth-order valence-corrected chi connectivity index (χ4v) is 2.88. The van der Waals surface area contributed by atoms with Crippen LogP contribution in [0.5, 0.6) is 0 Å². The minimum absolute atomic E-state index is 0.0469. The number of aromatic nitrogens is 1. The number of carbonyl (C=O) groups is 3. The molecular formula is C13H17N3O4S. The molecule has 2 N–H and O–H groups in total. The molecule has 0 aromatic carbocycles. The van der Waals surface area contributed by atoms with Crippen molar-refractivity contribution in [3.63, 3.8) is 0 Å². The summed E-state index contributed by atoms with van der Waals surface area (Å²) in [6.45, 7) is 3.07. The van der Waals surface area contributed by atoms with E-state index < -0.39 is 17.9 Å². The molecule has 1 atom stereocenters. The van der Waals surface area contributed by atoms with E-state index in [1.807, 2.05) is 0 Å². The van der Waals surface area contributed by atoms with Crippen molar-refractivity contribution >= 4 is 29.1 Å². The average Bonchev–Trinajstić information content (AvgIpc) is 2.97. The summed E-state index contributed by atoms with van der Waals surface area (Å²) in [5, 5.41) is 12.7. The second-order valence-electron chi connectivity index (χ2n) is 4.92. The van der Waals surface area contributed by atoms with Gasteiger partial charge in [-0.25, -0.2) is 9.78 Å². The molecule has 1 aromatic heterocycles. The lowest BCUT2D eigenvalue weighted by atomic mass is 10.1. The molecule has 0 aliphatic carbocycles. The maximum Gasteiger partial charge on any atom is 0.355 e. The number of carbonyl (C=O) groups excluding carboxylic acids is 2.